The van der Waals surface area contributed by atoms with Gasteiger partial charge in [-0.05, 0) is 43.0 Å². The molecule has 1 aromatic heterocycles. The first-order valence-electron chi connectivity index (χ1n) is 7.65. The van der Waals surface area contributed by atoms with Gasteiger partial charge in [0, 0.05) is 5.69 Å². The number of hydrogen-bond acceptors (Lipinski definition) is 5. The maximum Gasteiger partial charge on any atom is 0.412 e. The van der Waals surface area contributed by atoms with Gasteiger partial charge in [0.15, 0.2) is 11.6 Å². The van der Waals surface area contributed by atoms with Crippen molar-refractivity contribution in [2.24, 2.45) is 0 Å². The normalized spacial score (nSPS) is 10.5. The van der Waals surface area contributed by atoms with Crippen molar-refractivity contribution in [3.63, 3.8) is 0 Å². The van der Waals surface area contributed by atoms with E-state index >= 15 is 0 Å². The van der Waals surface area contributed by atoms with Crippen LogP contribution in [0.1, 0.15) is 37.8 Å². The van der Waals surface area contributed by atoms with Crippen molar-refractivity contribution in [1.29, 1.82) is 0 Å². The standard InChI is InChI=1S/C17H22N4O2/c1-5-23-17(22)19-15-10-9-14(20-21-15)18-16-12(4)7-6-8-13(16)11(2)3/h6-11H,5H2,1-4H3,(H,18,20)(H,19,21,22). The summed E-state index contributed by atoms with van der Waals surface area (Å²) < 4.78 is 4.80. The molecule has 0 fully saturated rings. The van der Waals surface area contributed by atoms with Crippen LogP contribution in [0.25, 0.3) is 0 Å². The molecule has 23 heavy (non-hydrogen) atoms. The van der Waals surface area contributed by atoms with Crippen LogP contribution in [0, 0.1) is 6.92 Å². The molecule has 0 atom stereocenters. The summed E-state index contributed by atoms with van der Waals surface area (Å²) in [4.78, 5) is 11.3. The number of aryl methyl sites for hydroxylation is 1. The summed E-state index contributed by atoms with van der Waals surface area (Å²) in [5.41, 5.74) is 3.41. The first kappa shape index (κ1) is 16.7. The van der Waals surface area contributed by atoms with Gasteiger partial charge in [0.1, 0.15) is 0 Å². The molecule has 0 bridgehead atoms. The number of ether oxygens (including phenoxy) is 1. The van der Waals surface area contributed by atoms with Gasteiger partial charge in [-0.25, -0.2) is 4.79 Å². The number of amides is 1. The van der Waals surface area contributed by atoms with Gasteiger partial charge in [-0.3, -0.25) is 5.32 Å². The van der Waals surface area contributed by atoms with E-state index in [1.54, 1.807) is 19.1 Å². The predicted molar refractivity (Wildman–Crippen MR) is 91.2 cm³/mol. The number of anilines is 3. The van der Waals surface area contributed by atoms with Crippen molar-refractivity contribution >= 4 is 23.4 Å². The summed E-state index contributed by atoms with van der Waals surface area (Å²) in [6.45, 7) is 8.41. The van der Waals surface area contributed by atoms with E-state index in [0.29, 0.717) is 24.2 Å². The number of rotatable bonds is 5. The van der Waals surface area contributed by atoms with Gasteiger partial charge in [0.2, 0.25) is 0 Å². The molecule has 0 saturated carbocycles. The fourth-order valence-electron chi connectivity index (χ4n) is 2.21. The molecule has 1 amide bonds. The van der Waals surface area contributed by atoms with Gasteiger partial charge in [-0.1, -0.05) is 32.0 Å². The quantitative estimate of drug-likeness (QED) is 0.864. The van der Waals surface area contributed by atoms with E-state index in [4.69, 9.17) is 4.74 Å². The Hall–Kier alpha value is -2.63. The van der Waals surface area contributed by atoms with Gasteiger partial charge in [0.25, 0.3) is 0 Å². The number of aromatic nitrogens is 2. The number of hydrogen-bond donors (Lipinski definition) is 2. The lowest BCUT2D eigenvalue weighted by Crippen LogP contribution is -2.14. The highest BCUT2D eigenvalue weighted by atomic mass is 16.5. The first-order chi connectivity index (χ1) is 11.0. The van der Waals surface area contributed by atoms with Gasteiger partial charge in [-0.15, -0.1) is 10.2 Å². The van der Waals surface area contributed by atoms with Crippen molar-refractivity contribution in [2.45, 2.75) is 33.6 Å². The summed E-state index contributed by atoms with van der Waals surface area (Å²) in [6, 6.07) is 9.65. The van der Waals surface area contributed by atoms with E-state index in [2.05, 4.69) is 53.7 Å². The average molecular weight is 314 g/mol. The minimum absolute atomic E-state index is 0.310. The second kappa shape index (κ2) is 7.58. The highest BCUT2D eigenvalue weighted by molar-refractivity contribution is 5.83. The number of nitrogens with one attached hydrogen (secondary N) is 2. The minimum Gasteiger partial charge on any atom is -0.450 e. The fraction of sp³-hybridized carbons (Fsp3) is 0.353. The second-order valence-electron chi connectivity index (χ2n) is 5.47. The highest BCUT2D eigenvalue weighted by Gasteiger charge is 2.10. The van der Waals surface area contributed by atoms with Gasteiger partial charge in [0.05, 0.1) is 6.61 Å². The maximum absolute atomic E-state index is 11.3. The van der Waals surface area contributed by atoms with Crippen LogP contribution in [0.5, 0.6) is 0 Å². The Kier molecular flexibility index (Phi) is 5.51. The van der Waals surface area contributed by atoms with E-state index < -0.39 is 6.09 Å². The van der Waals surface area contributed by atoms with Crippen molar-refractivity contribution in [1.82, 2.24) is 10.2 Å². The van der Waals surface area contributed by atoms with E-state index in [9.17, 15) is 4.79 Å². The summed E-state index contributed by atoms with van der Waals surface area (Å²) in [5, 5.41) is 13.9. The second-order valence-corrected chi connectivity index (χ2v) is 5.47. The highest BCUT2D eigenvalue weighted by Crippen LogP contribution is 2.29. The van der Waals surface area contributed by atoms with Crippen molar-refractivity contribution in [3.05, 3.63) is 41.5 Å². The Morgan fingerprint density at radius 2 is 1.87 bits per heavy atom. The zero-order valence-corrected chi connectivity index (χ0v) is 13.9. The number of nitrogens with zero attached hydrogens (tertiary/aromatic N) is 2. The lowest BCUT2D eigenvalue weighted by atomic mass is 9.98. The molecule has 0 aliphatic rings. The van der Waals surface area contributed by atoms with Gasteiger partial charge >= 0.3 is 6.09 Å². The summed E-state index contributed by atoms with van der Waals surface area (Å²) >= 11 is 0. The zero-order valence-electron chi connectivity index (χ0n) is 13.9. The summed E-state index contributed by atoms with van der Waals surface area (Å²) in [6.07, 6.45) is -0.538. The summed E-state index contributed by atoms with van der Waals surface area (Å²) in [5.74, 6) is 1.37. The minimum atomic E-state index is -0.538. The van der Waals surface area contributed by atoms with Crippen LogP contribution in [0.4, 0.5) is 22.1 Å². The van der Waals surface area contributed by atoms with Crippen LogP contribution in [-0.2, 0) is 4.74 Å². The molecule has 6 heteroatoms. The van der Waals surface area contributed by atoms with Crippen LogP contribution >= 0.6 is 0 Å². The van der Waals surface area contributed by atoms with Gasteiger partial charge in [-0.2, -0.15) is 0 Å². The van der Waals surface area contributed by atoms with Crippen molar-refractivity contribution in [3.8, 4) is 0 Å². The number of benzene rings is 1. The molecule has 1 heterocycles. The molecule has 122 valence electrons. The topological polar surface area (TPSA) is 76.1 Å². The Balaban J connectivity index is 2.14. The lowest BCUT2D eigenvalue weighted by molar-refractivity contribution is 0.168. The Morgan fingerprint density at radius 1 is 1.17 bits per heavy atom. The molecule has 0 saturated heterocycles. The smallest absolute Gasteiger partial charge is 0.412 e. The zero-order chi connectivity index (χ0) is 16.8. The van der Waals surface area contributed by atoms with E-state index in [1.165, 1.54) is 5.56 Å². The number of para-hydroxylation sites is 1. The van der Waals surface area contributed by atoms with Crippen molar-refractivity contribution < 1.29 is 9.53 Å². The van der Waals surface area contributed by atoms with E-state index in [1.807, 2.05) is 6.07 Å². The fourth-order valence-corrected chi connectivity index (χ4v) is 2.21. The van der Waals surface area contributed by atoms with E-state index in [0.717, 1.165) is 11.3 Å². The first-order valence-corrected chi connectivity index (χ1v) is 7.65. The molecule has 2 aromatic rings. The van der Waals surface area contributed by atoms with Crippen LogP contribution in [-0.4, -0.2) is 22.9 Å². The third kappa shape index (κ3) is 4.42. The molecule has 0 aliphatic carbocycles. The molecule has 0 aliphatic heterocycles. The Bertz CT molecular complexity index is 669. The molecule has 0 spiro atoms. The van der Waals surface area contributed by atoms with Crippen molar-refractivity contribution in [2.75, 3.05) is 17.2 Å². The van der Waals surface area contributed by atoms with Crippen LogP contribution < -0.4 is 10.6 Å². The Labute approximate surface area is 136 Å². The Morgan fingerprint density at radius 3 is 2.48 bits per heavy atom. The summed E-state index contributed by atoms with van der Waals surface area (Å²) in [7, 11) is 0. The molecular formula is C17H22N4O2. The maximum atomic E-state index is 11.3. The SMILES string of the molecule is CCOC(=O)Nc1ccc(Nc2c(C)cccc2C(C)C)nn1. The number of carbonyl (C=O) groups is 1. The molecular weight excluding hydrogens is 292 g/mol. The average Bonchev–Trinajstić information content (AvgIpc) is 2.51. The molecule has 1 aromatic carbocycles. The molecule has 0 unspecified atom stereocenters. The third-order valence-corrected chi connectivity index (χ3v) is 3.35. The van der Waals surface area contributed by atoms with Crippen LogP contribution in [0.15, 0.2) is 30.3 Å². The van der Waals surface area contributed by atoms with Gasteiger partial charge < -0.3 is 10.1 Å². The molecule has 2 rings (SSSR count). The van der Waals surface area contributed by atoms with E-state index in [-0.39, 0.29) is 0 Å². The largest absolute Gasteiger partial charge is 0.450 e. The molecule has 6 nitrogen and oxygen atoms in total. The number of carbonyl (C=O) groups excluding carboxylic acids is 1. The molecule has 0 radical (unpaired) electrons. The third-order valence-electron chi connectivity index (χ3n) is 3.35. The van der Waals surface area contributed by atoms with Crippen LogP contribution in [0.3, 0.4) is 0 Å². The lowest BCUT2D eigenvalue weighted by Gasteiger charge is -2.16. The predicted octanol–water partition coefficient (Wildman–Crippen LogP) is 4.22. The van der Waals surface area contributed by atoms with Crippen LogP contribution in [0.2, 0.25) is 0 Å². The molecule has 2 N–H and O–H groups in total. The monoisotopic (exact) mass is 314 g/mol.